The van der Waals surface area contributed by atoms with Gasteiger partial charge < -0.3 is 14.4 Å². The number of nitrogens with one attached hydrogen (secondary N) is 1. The number of hydrogen-bond donors (Lipinski definition) is 1. The van der Waals surface area contributed by atoms with Gasteiger partial charge in [0.05, 0.1) is 19.9 Å². The van der Waals surface area contributed by atoms with Gasteiger partial charge in [-0.05, 0) is 24.3 Å². The summed E-state index contributed by atoms with van der Waals surface area (Å²) in [6.45, 7) is 0. The molecule has 0 aliphatic heterocycles. The third kappa shape index (κ3) is 5.11. The fourth-order valence-electron chi connectivity index (χ4n) is 1.89. The van der Waals surface area contributed by atoms with Gasteiger partial charge in [-0.3, -0.25) is 15.0 Å². The molecule has 1 aromatic heterocycles. The second kappa shape index (κ2) is 8.90. The number of benzene rings is 1. The van der Waals surface area contributed by atoms with Crippen LogP contribution < -0.4 is 15.7 Å². The lowest BCUT2D eigenvalue weighted by molar-refractivity contribution is -0.121. The van der Waals surface area contributed by atoms with Crippen molar-refractivity contribution < 1.29 is 19.1 Å². The van der Waals surface area contributed by atoms with Crippen molar-refractivity contribution in [2.75, 3.05) is 33.7 Å². The van der Waals surface area contributed by atoms with Crippen LogP contribution in [0.2, 0.25) is 0 Å². The number of methoxy groups -OCH3 is 2. The summed E-state index contributed by atoms with van der Waals surface area (Å²) in [5.41, 5.74) is 2.56. The van der Waals surface area contributed by atoms with Gasteiger partial charge >= 0.3 is 5.97 Å². The number of likely N-dealkylation sites (N-methyl/N-ethyl adjacent to an activating group) is 1. The second-order valence-electron chi connectivity index (χ2n) is 5.36. The molecule has 1 aromatic carbocycles. The molecule has 0 aliphatic rings. The summed E-state index contributed by atoms with van der Waals surface area (Å²) in [7, 11) is 5.83. The molecule has 0 fully saturated rings. The first-order valence-electron chi connectivity index (χ1n) is 7.66. The Morgan fingerprint density at radius 2 is 1.85 bits per heavy atom. The van der Waals surface area contributed by atoms with Crippen molar-refractivity contribution in [3.8, 4) is 5.75 Å². The third-order valence-corrected chi connectivity index (χ3v) is 4.24. The van der Waals surface area contributed by atoms with Crippen molar-refractivity contribution in [2.45, 2.75) is 0 Å². The largest absolute Gasteiger partial charge is 0.497 e. The highest BCUT2D eigenvalue weighted by molar-refractivity contribution is 7.16. The Kier molecular flexibility index (Phi) is 6.61. The highest BCUT2D eigenvalue weighted by atomic mass is 32.1. The highest BCUT2D eigenvalue weighted by Crippen LogP contribution is 2.16. The van der Waals surface area contributed by atoms with E-state index in [-0.39, 0.29) is 15.6 Å². The van der Waals surface area contributed by atoms with Crippen LogP contribution >= 0.6 is 11.3 Å². The zero-order valence-electron chi connectivity index (χ0n) is 15.2. The van der Waals surface area contributed by atoms with Gasteiger partial charge in [0.25, 0.3) is 11.5 Å². The predicted octanol–water partition coefficient (Wildman–Crippen LogP) is 1.20. The zero-order valence-corrected chi connectivity index (χ0v) is 16.0. The molecule has 10 heteroatoms. The van der Waals surface area contributed by atoms with Crippen LogP contribution in [-0.2, 0) is 9.53 Å². The first-order chi connectivity index (χ1) is 12.8. The highest BCUT2D eigenvalue weighted by Gasteiger charge is 2.22. The first kappa shape index (κ1) is 20.0. The molecule has 2 aromatic rings. The summed E-state index contributed by atoms with van der Waals surface area (Å²) in [6, 6.07) is 7.91. The minimum atomic E-state index is -0.694. The Bertz CT molecular complexity index is 922. The Hall–Kier alpha value is -3.27. The molecule has 0 unspecified atom stereocenters. The molecule has 0 spiro atoms. The Balaban J connectivity index is 2.45. The average molecular weight is 390 g/mol. The maximum absolute atomic E-state index is 12.5. The van der Waals surface area contributed by atoms with E-state index in [4.69, 9.17) is 4.74 Å². The maximum Gasteiger partial charge on any atom is 0.348 e. The third-order valence-electron chi connectivity index (χ3n) is 3.26. The first-order valence-corrected chi connectivity index (χ1v) is 8.47. The number of esters is 1. The van der Waals surface area contributed by atoms with E-state index in [9.17, 15) is 14.4 Å². The van der Waals surface area contributed by atoms with Crippen LogP contribution in [0.25, 0.3) is 0 Å². The topological polar surface area (TPSA) is 110 Å². The van der Waals surface area contributed by atoms with Crippen LogP contribution in [0.1, 0.15) is 14.7 Å². The van der Waals surface area contributed by atoms with Gasteiger partial charge in [0.2, 0.25) is 0 Å². The number of amides is 1. The van der Waals surface area contributed by atoms with E-state index >= 15 is 0 Å². The number of ether oxygens (including phenoxy) is 2. The van der Waals surface area contributed by atoms with E-state index in [1.807, 2.05) is 0 Å². The van der Waals surface area contributed by atoms with Gasteiger partial charge in [-0.1, -0.05) is 0 Å². The second-order valence-corrected chi connectivity index (χ2v) is 6.39. The van der Waals surface area contributed by atoms with Crippen molar-refractivity contribution in [1.29, 1.82) is 0 Å². The lowest BCUT2D eigenvalue weighted by atomic mass is 10.3. The zero-order chi connectivity index (χ0) is 20.0. The number of carbonyl (C=O) groups excluding carboxylic acids is 2. The Labute approximate surface area is 159 Å². The van der Waals surface area contributed by atoms with Crippen molar-refractivity contribution >= 4 is 34.6 Å². The van der Waals surface area contributed by atoms with Crippen molar-refractivity contribution in [2.24, 2.45) is 5.10 Å². The molecule has 0 bridgehead atoms. The maximum atomic E-state index is 12.5. The minimum absolute atomic E-state index is 0.00242. The molecule has 1 amide bonds. The summed E-state index contributed by atoms with van der Waals surface area (Å²) in [6.07, 6.45) is 0. The van der Waals surface area contributed by atoms with Gasteiger partial charge in [-0.15, -0.1) is 11.3 Å². The fourth-order valence-corrected chi connectivity index (χ4v) is 2.79. The van der Waals surface area contributed by atoms with E-state index in [1.54, 1.807) is 31.4 Å². The van der Waals surface area contributed by atoms with E-state index in [0.717, 1.165) is 17.4 Å². The van der Waals surface area contributed by atoms with Crippen molar-refractivity contribution in [3.05, 3.63) is 50.6 Å². The molecule has 1 N–H and O–H groups in total. The fraction of sp³-hybridized carbons (Fsp3) is 0.235. The molecule has 27 heavy (non-hydrogen) atoms. The van der Waals surface area contributed by atoms with E-state index in [1.165, 1.54) is 26.1 Å². The van der Waals surface area contributed by atoms with Crippen LogP contribution in [0, 0.1) is 0 Å². The van der Waals surface area contributed by atoms with Gasteiger partial charge in [-0.2, -0.15) is 10.1 Å². The van der Waals surface area contributed by atoms with Crippen LogP contribution in [-0.4, -0.2) is 55.8 Å². The molecule has 0 saturated heterocycles. The number of rotatable bonds is 6. The van der Waals surface area contributed by atoms with Gasteiger partial charge in [0.1, 0.15) is 10.6 Å². The van der Waals surface area contributed by atoms with Crippen LogP contribution in [0.15, 0.2) is 40.2 Å². The number of anilines is 1. The molecule has 0 saturated carbocycles. The van der Waals surface area contributed by atoms with Crippen LogP contribution in [0.5, 0.6) is 5.75 Å². The van der Waals surface area contributed by atoms with E-state index < -0.39 is 17.4 Å². The molecule has 0 aliphatic carbocycles. The number of hydrogen-bond acceptors (Lipinski definition) is 9. The minimum Gasteiger partial charge on any atom is -0.497 e. The molecule has 0 atom stereocenters. The number of carbonyl (C=O) groups is 2. The number of nitrogens with zero attached hydrogens (tertiary/aromatic N) is 3. The Morgan fingerprint density at radius 3 is 2.41 bits per heavy atom. The molecule has 0 radical (unpaired) electrons. The van der Waals surface area contributed by atoms with Crippen LogP contribution in [0.4, 0.5) is 5.69 Å². The summed E-state index contributed by atoms with van der Waals surface area (Å²) in [5.74, 6) is -0.513. The van der Waals surface area contributed by atoms with Crippen molar-refractivity contribution in [3.63, 3.8) is 0 Å². The predicted molar refractivity (Wildman–Crippen MR) is 102 cm³/mol. The van der Waals surface area contributed by atoms with Gasteiger partial charge in [0, 0.05) is 20.2 Å². The summed E-state index contributed by atoms with van der Waals surface area (Å²) >= 11 is 0.840. The normalized spacial score (nSPS) is 10.9. The number of aromatic nitrogens is 1. The molecule has 9 nitrogen and oxygen atoms in total. The van der Waals surface area contributed by atoms with E-state index in [2.05, 4.69) is 20.2 Å². The van der Waals surface area contributed by atoms with Gasteiger partial charge in [0.15, 0.2) is 10.7 Å². The standard InChI is InChI=1S/C17H18N4O5S/c1-21(2)16(23)14(20-19-10-5-7-11(25-3)8-6-10)15-18-13(22)9-12(27-15)17(24)26-4/h5-9,19H,1-4H3. The van der Waals surface area contributed by atoms with Crippen molar-refractivity contribution in [1.82, 2.24) is 9.88 Å². The monoisotopic (exact) mass is 390 g/mol. The van der Waals surface area contributed by atoms with Gasteiger partial charge in [-0.25, -0.2) is 4.79 Å². The van der Waals surface area contributed by atoms with Crippen LogP contribution in [0.3, 0.4) is 0 Å². The summed E-state index contributed by atoms with van der Waals surface area (Å²) in [5, 5.41) is 4.10. The smallest absolute Gasteiger partial charge is 0.348 e. The SMILES string of the molecule is COC(=O)c1cc(=O)nc(C(=NNc2ccc(OC)cc2)C(=O)N(C)C)s1. The lowest BCUT2D eigenvalue weighted by Crippen LogP contribution is -2.32. The molecule has 1 heterocycles. The molecule has 142 valence electrons. The lowest BCUT2D eigenvalue weighted by Gasteiger charge is -2.12. The Morgan fingerprint density at radius 1 is 1.19 bits per heavy atom. The summed E-state index contributed by atoms with van der Waals surface area (Å²) < 4.78 is 9.71. The molecular formula is C17H18N4O5S. The summed E-state index contributed by atoms with van der Waals surface area (Å²) in [4.78, 5) is 41.2. The molecule has 2 rings (SSSR count). The van der Waals surface area contributed by atoms with E-state index in [0.29, 0.717) is 11.4 Å². The quantitative estimate of drug-likeness (QED) is 0.448. The average Bonchev–Trinajstić information content (AvgIpc) is 2.67. The number of hydrazone groups is 1. The molecular weight excluding hydrogens is 372 g/mol.